The van der Waals surface area contributed by atoms with Crippen LogP contribution < -0.4 is 0 Å². The summed E-state index contributed by atoms with van der Waals surface area (Å²) in [4.78, 5) is 3.97. The van der Waals surface area contributed by atoms with Crippen LogP contribution in [0.5, 0.6) is 5.75 Å². The number of aromatic hydroxyl groups is 1. The molecule has 13 heavy (non-hydrogen) atoms. The molecule has 5 heteroatoms. The molecular weight excluding hydrogens is 232 g/mol. The van der Waals surface area contributed by atoms with Crippen molar-refractivity contribution in [2.45, 2.75) is 18.7 Å². The van der Waals surface area contributed by atoms with Crippen molar-refractivity contribution < 1.29 is 5.11 Å². The molecule has 1 rings (SSSR count). The van der Waals surface area contributed by atoms with Crippen molar-refractivity contribution in [3.63, 3.8) is 0 Å². The molecule has 0 atom stereocenters. The van der Waals surface area contributed by atoms with Gasteiger partial charge in [-0.25, -0.2) is 0 Å². The predicted octanol–water partition coefficient (Wildman–Crippen LogP) is 3.00. The lowest BCUT2D eigenvalue weighted by atomic mass is 10.1. The van der Waals surface area contributed by atoms with Crippen molar-refractivity contribution in [2.24, 2.45) is 0 Å². The zero-order valence-electron chi connectivity index (χ0n) is 7.05. The van der Waals surface area contributed by atoms with E-state index in [1.165, 1.54) is 0 Å². The molecule has 0 amide bonds. The first-order chi connectivity index (χ1) is 5.70. The highest BCUT2D eigenvalue weighted by Crippen LogP contribution is 2.26. The third-order valence-electron chi connectivity index (χ3n) is 1.71. The molecule has 1 aromatic heterocycles. The van der Waals surface area contributed by atoms with Gasteiger partial charge in [-0.3, -0.25) is 4.98 Å². The van der Waals surface area contributed by atoms with Gasteiger partial charge in [-0.1, -0.05) is 0 Å². The minimum atomic E-state index is 0. The second-order valence-corrected chi connectivity index (χ2v) is 3.00. The highest BCUT2D eigenvalue weighted by atomic mass is 35.5. The van der Waals surface area contributed by atoms with Crippen LogP contribution in [0.2, 0.25) is 0 Å². The summed E-state index contributed by atoms with van der Waals surface area (Å²) in [5, 5.41) is 9.50. The minimum absolute atomic E-state index is 0. The number of alkyl halides is 2. The van der Waals surface area contributed by atoms with Gasteiger partial charge in [0.1, 0.15) is 5.75 Å². The van der Waals surface area contributed by atoms with Crippen LogP contribution in [0.4, 0.5) is 0 Å². The highest BCUT2D eigenvalue weighted by Gasteiger charge is 2.09. The summed E-state index contributed by atoms with van der Waals surface area (Å²) in [6.07, 6.45) is 1.64. The van der Waals surface area contributed by atoms with E-state index in [9.17, 15) is 5.11 Å². The van der Waals surface area contributed by atoms with Crippen LogP contribution in [-0.4, -0.2) is 10.1 Å². The number of hydrogen-bond acceptors (Lipinski definition) is 2. The fraction of sp³-hybridized carbons (Fsp3) is 0.375. The van der Waals surface area contributed by atoms with Gasteiger partial charge < -0.3 is 5.11 Å². The SMILES string of the molecule is Cc1ncc(CCl)c(CCl)c1O.Cl. The fourth-order valence-corrected chi connectivity index (χ4v) is 1.48. The molecule has 0 radical (unpaired) electrons. The summed E-state index contributed by atoms with van der Waals surface area (Å²) in [7, 11) is 0. The van der Waals surface area contributed by atoms with E-state index in [1.807, 2.05) is 0 Å². The average molecular weight is 243 g/mol. The van der Waals surface area contributed by atoms with E-state index in [-0.39, 0.29) is 24.0 Å². The van der Waals surface area contributed by atoms with Crippen LogP contribution >= 0.6 is 35.6 Å². The zero-order valence-corrected chi connectivity index (χ0v) is 9.38. The summed E-state index contributed by atoms with van der Waals surface area (Å²) in [6.45, 7) is 1.73. The molecule has 2 nitrogen and oxygen atoms in total. The maximum absolute atomic E-state index is 9.50. The molecule has 0 aliphatic rings. The van der Waals surface area contributed by atoms with E-state index < -0.39 is 0 Å². The molecule has 0 spiro atoms. The normalized spacial score (nSPS) is 9.46. The number of aryl methyl sites for hydroxylation is 1. The van der Waals surface area contributed by atoms with Crippen LogP contribution in [-0.2, 0) is 11.8 Å². The van der Waals surface area contributed by atoms with Gasteiger partial charge in [0.25, 0.3) is 0 Å². The quantitative estimate of drug-likeness (QED) is 0.809. The second kappa shape index (κ2) is 5.53. The fourth-order valence-electron chi connectivity index (χ4n) is 0.949. The number of hydrogen-bond donors (Lipinski definition) is 1. The zero-order chi connectivity index (χ0) is 9.14. The third kappa shape index (κ3) is 2.63. The number of pyridine rings is 1. The Morgan fingerprint density at radius 1 is 1.38 bits per heavy atom. The van der Waals surface area contributed by atoms with Gasteiger partial charge in [-0.05, 0) is 12.5 Å². The van der Waals surface area contributed by atoms with Crippen LogP contribution in [0.15, 0.2) is 6.20 Å². The first-order valence-corrected chi connectivity index (χ1v) is 4.55. The molecule has 1 N–H and O–H groups in total. The topological polar surface area (TPSA) is 33.1 Å². The lowest BCUT2D eigenvalue weighted by molar-refractivity contribution is 0.462. The van der Waals surface area contributed by atoms with Crippen molar-refractivity contribution in [3.05, 3.63) is 23.0 Å². The van der Waals surface area contributed by atoms with E-state index in [0.717, 1.165) is 5.56 Å². The van der Waals surface area contributed by atoms with E-state index in [2.05, 4.69) is 4.98 Å². The second-order valence-electron chi connectivity index (χ2n) is 2.46. The van der Waals surface area contributed by atoms with Gasteiger partial charge in [0.2, 0.25) is 0 Å². The Morgan fingerprint density at radius 3 is 2.46 bits per heavy atom. The first-order valence-electron chi connectivity index (χ1n) is 3.49. The Bertz CT molecular complexity index is 291. The summed E-state index contributed by atoms with van der Waals surface area (Å²) in [5.41, 5.74) is 2.05. The van der Waals surface area contributed by atoms with Crippen LogP contribution in [0.25, 0.3) is 0 Å². The Hall–Kier alpha value is -0.180. The molecule has 0 saturated carbocycles. The van der Waals surface area contributed by atoms with Gasteiger partial charge in [-0.2, -0.15) is 0 Å². The molecule has 0 fully saturated rings. The summed E-state index contributed by atoms with van der Waals surface area (Å²) < 4.78 is 0. The molecule has 74 valence electrons. The molecule has 0 unspecified atom stereocenters. The van der Waals surface area contributed by atoms with E-state index in [4.69, 9.17) is 23.2 Å². The van der Waals surface area contributed by atoms with Gasteiger partial charge >= 0.3 is 0 Å². The lowest BCUT2D eigenvalue weighted by Gasteiger charge is -2.07. The maximum Gasteiger partial charge on any atom is 0.141 e. The number of nitrogens with zero attached hydrogens (tertiary/aromatic N) is 1. The molecule has 0 aromatic carbocycles. The van der Waals surface area contributed by atoms with E-state index in [0.29, 0.717) is 17.1 Å². The van der Waals surface area contributed by atoms with Crippen LogP contribution in [0.3, 0.4) is 0 Å². The molecular formula is C8H10Cl3NO. The Balaban J connectivity index is 0.00000144. The molecule has 0 bridgehead atoms. The molecule has 0 aliphatic carbocycles. The van der Waals surface area contributed by atoms with Crippen LogP contribution in [0.1, 0.15) is 16.8 Å². The van der Waals surface area contributed by atoms with Gasteiger partial charge in [0.15, 0.2) is 0 Å². The van der Waals surface area contributed by atoms with E-state index >= 15 is 0 Å². The van der Waals surface area contributed by atoms with Crippen molar-refractivity contribution in [1.82, 2.24) is 4.98 Å². The number of aromatic nitrogens is 1. The Kier molecular flexibility index (Phi) is 5.45. The van der Waals surface area contributed by atoms with Crippen molar-refractivity contribution in [2.75, 3.05) is 0 Å². The Labute approximate surface area is 93.3 Å². The first kappa shape index (κ1) is 12.8. The summed E-state index contributed by atoms with van der Waals surface area (Å²) in [6, 6.07) is 0. The van der Waals surface area contributed by atoms with Crippen molar-refractivity contribution >= 4 is 35.6 Å². The molecule has 0 saturated heterocycles. The van der Waals surface area contributed by atoms with Crippen molar-refractivity contribution in [1.29, 1.82) is 0 Å². The van der Waals surface area contributed by atoms with Gasteiger partial charge in [0, 0.05) is 17.6 Å². The number of rotatable bonds is 2. The molecule has 1 aromatic rings. The minimum Gasteiger partial charge on any atom is -0.506 e. The maximum atomic E-state index is 9.50. The predicted molar refractivity (Wildman–Crippen MR) is 57.0 cm³/mol. The molecule has 0 aliphatic heterocycles. The third-order valence-corrected chi connectivity index (χ3v) is 2.26. The average Bonchev–Trinajstić information content (AvgIpc) is 2.09. The van der Waals surface area contributed by atoms with Crippen LogP contribution in [0, 0.1) is 6.92 Å². The number of halogens is 3. The van der Waals surface area contributed by atoms with Crippen molar-refractivity contribution in [3.8, 4) is 5.75 Å². The van der Waals surface area contributed by atoms with Gasteiger partial charge in [-0.15, -0.1) is 35.6 Å². The Morgan fingerprint density at radius 2 is 2.00 bits per heavy atom. The lowest BCUT2D eigenvalue weighted by Crippen LogP contribution is -1.94. The highest BCUT2D eigenvalue weighted by molar-refractivity contribution is 6.18. The van der Waals surface area contributed by atoms with E-state index in [1.54, 1.807) is 13.1 Å². The summed E-state index contributed by atoms with van der Waals surface area (Å²) >= 11 is 11.3. The standard InChI is InChI=1S/C8H9Cl2NO.ClH/c1-5-8(12)7(3-10)6(2-9)4-11-5;/h4,12H,2-3H2,1H3;1H. The monoisotopic (exact) mass is 241 g/mol. The summed E-state index contributed by atoms with van der Waals surface area (Å²) in [5.74, 6) is 0.739. The molecule has 1 heterocycles. The smallest absolute Gasteiger partial charge is 0.141 e. The largest absolute Gasteiger partial charge is 0.506 e. The van der Waals surface area contributed by atoms with Gasteiger partial charge in [0.05, 0.1) is 11.6 Å².